The van der Waals surface area contributed by atoms with Crippen LogP contribution in [0.4, 0.5) is 11.8 Å². The smallest absolute Gasteiger partial charge is 0.302 e. The van der Waals surface area contributed by atoms with Crippen molar-refractivity contribution in [3.05, 3.63) is 47.9 Å². The molecule has 1 aromatic carbocycles. The highest BCUT2D eigenvalue weighted by molar-refractivity contribution is 6.12. The lowest BCUT2D eigenvalue weighted by molar-refractivity contribution is -0.125. The molecular formula is C26H31N9O3. The van der Waals surface area contributed by atoms with Crippen LogP contribution in [0, 0.1) is 6.92 Å². The van der Waals surface area contributed by atoms with Gasteiger partial charge in [0.05, 0.1) is 11.4 Å². The Hall–Kier alpha value is -4.32. The molecule has 0 unspecified atom stereocenters. The molecular weight excluding hydrogens is 486 g/mol. The van der Waals surface area contributed by atoms with Crippen LogP contribution in [0.1, 0.15) is 42.4 Å². The zero-order valence-electron chi connectivity index (χ0n) is 21.7. The van der Waals surface area contributed by atoms with Gasteiger partial charge < -0.3 is 20.0 Å². The van der Waals surface area contributed by atoms with E-state index in [0.29, 0.717) is 41.6 Å². The number of nitrogen functional groups attached to an aromatic ring is 1. The van der Waals surface area contributed by atoms with Gasteiger partial charge in [0, 0.05) is 25.7 Å². The molecule has 12 heteroatoms. The summed E-state index contributed by atoms with van der Waals surface area (Å²) in [5.41, 5.74) is 8.89. The molecule has 2 amide bonds. The minimum Gasteiger partial charge on any atom is -0.423 e. The van der Waals surface area contributed by atoms with Crippen molar-refractivity contribution in [2.45, 2.75) is 33.2 Å². The molecule has 38 heavy (non-hydrogen) atoms. The van der Waals surface area contributed by atoms with Crippen LogP contribution >= 0.6 is 0 Å². The maximum Gasteiger partial charge on any atom is 0.302 e. The summed E-state index contributed by atoms with van der Waals surface area (Å²) in [6.45, 7) is 9.75. The summed E-state index contributed by atoms with van der Waals surface area (Å²) in [6, 6.07) is 5.47. The summed E-state index contributed by atoms with van der Waals surface area (Å²) < 4.78 is 7.34. The second-order valence-corrected chi connectivity index (χ2v) is 9.31. The topological polar surface area (TPSA) is 148 Å². The van der Waals surface area contributed by atoms with Crippen LogP contribution in [0.5, 0.6) is 0 Å². The number of nitrogens with zero attached hydrogens (tertiary/aromatic N) is 7. The van der Waals surface area contributed by atoms with E-state index in [-0.39, 0.29) is 29.5 Å². The van der Waals surface area contributed by atoms with Crippen molar-refractivity contribution in [1.82, 2.24) is 34.5 Å². The Labute approximate surface area is 219 Å². The number of hydrogen-bond donors (Lipinski definition) is 2. The lowest BCUT2D eigenvalue weighted by atomic mass is 10.2. The molecule has 1 aliphatic heterocycles. The SMILES string of the molecule is CCN(CC)C/C=C/C(=O)N1CC[C@@H](n2nc(C(=O)Nc3nc4cc(C)ccc4o3)c3c(N)ncnc32)C1. The van der Waals surface area contributed by atoms with Crippen LogP contribution in [0.3, 0.4) is 0 Å². The average molecular weight is 518 g/mol. The molecule has 1 atom stereocenters. The van der Waals surface area contributed by atoms with E-state index in [2.05, 4.69) is 44.1 Å². The maximum atomic E-state index is 13.3. The zero-order chi connectivity index (χ0) is 26.8. The molecule has 4 heterocycles. The number of hydrogen-bond acceptors (Lipinski definition) is 9. The van der Waals surface area contributed by atoms with Crippen LogP contribution in [0.15, 0.2) is 41.1 Å². The highest BCUT2D eigenvalue weighted by Gasteiger charge is 2.31. The number of aryl methyl sites for hydroxylation is 1. The number of carbonyl (C=O) groups excluding carboxylic acids is 2. The van der Waals surface area contributed by atoms with Gasteiger partial charge in [0.25, 0.3) is 5.91 Å². The molecule has 0 spiro atoms. The number of likely N-dealkylation sites (tertiary alicyclic amines) is 1. The van der Waals surface area contributed by atoms with Gasteiger partial charge in [-0.15, -0.1) is 0 Å². The van der Waals surface area contributed by atoms with E-state index in [4.69, 9.17) is 10.2 Å². The number of rotatable bonds is 8. The van der Waals surface area contributed by atoms with Gasteiger partial charge in [0.15, 0.2) is 16.9 Å². The fourth-order valence-corrected chi connectivity index (χ4v) is 4.69. The monoisotopic (exact) mass is 517 g/mol. The second-order valence-electron chi connectivity index (χ2n) is 9.31. The predicted molar refractivity (Wildman–Crippen MR) is 144 cm³/mol. The Morgan fingerprint density at radius 2 is 2.08 bits per heavy atom. The van der Waals surface area contributed by atoms with Crippen LogP contribution in [0.2, 0.25) is 0 Å². The molecule has 4 aromatic rings. The summed E-state index contributed by atoms with van der Waals surface area (Å²) in [5.74, 6) is -0.442. The van der Waals surface area contributed by atoms with Gasteiger partial charge in [-0.05, 0) is 44.1 Å². The summed E-state index contributed by atoms with van der Waals surface area (Å²) in [7, 11) is 0. The predicted octanol–water partition coefficient (Wildman–Crippen LogP) is 2.78. The molecule has 0 bridgehead atoms. The zero-order valence-corrected chi connectivity index (χ0v) is 21.7. The third-order valence-corrected chi connectivity index (χ3v) is 6.84. The lowest BCUT2D eigenvalue weighted by Crippen LogP contribution is -2.28. The first-order valence-corrected chi connectivity index (χ1v) is 12.7. The first kappa shape index (κ1) is 25.3. The minimum absolute atomic E-state index is 0.0468. The molecule has 198 valence electrons. The highest BCUT2D eigenvalue weighted by atomic mass is 16.4. The minimum atomic E-state index is -0.538. The maximum absolute atomic E-state index is 13.3. The van der Waals surface area contributed by atoms with E-state index < -0.39 is 5.91 Å². The number of nitrogens with two attached hydrogens (primary N) is 1. The highest BCUT2D eigenvalue weighted by Crippen LogP contribution is 2.29. The van der Waals surface area contributed by atoms with Crippen molar-refractivity contribution in [2.24, 2.45) is 0 Å². The van der Waals surface area contributed by atoms with Gasteiger partial charge in [-0.3, -0.25) is 14.9 Å². The fourth-order valence-electron chi connectivity index (χ4n) is 4.69. The Kier molecular flexibility index (Phi) is 7.05. The van der Waals surface area contributed by atoms with E-state index in [1.54, 1.807) is 21.7 Å². The van der Waals surface area contributed by atoms with Gasteiger partial charge in [-0.25, -0.2) is 14.6 Å². The molecule has 0 saturated carbocycles. The first-order valence-electron chi connectivity index (χ1n) is 12.7. The molecule has 0 radical (unpaired) electrons. The number of nitrogens with one attached hydrogen (secondary N) is 1. The van der Waals surface area contributed by atoms with E-state index in [0.717, 1.165) is 25.2 Å². The van der Waals surface area contributed by atoms with Crippen LogP contribution in [-0.2, 0) is 4.79 Å². The van der Waals surface area contributed by atoms with Gasteiger partial charge in [-0.2, -0.15) is 10.1 Å². The molecule has 1 aliphatic rings. The number of benzene rings is 1. The summed E-state index contributed by atoms with van der Waals surface area (Å²) in [5, 5.41) is 7.61. The molecule has 12 nitrogen and oxygen atoms in total. The average Bonchev–Trinajstić information content (AvgIpc) is 3.63. The molecule has 0 aliphatic carbocycles. The van der Waals surface area contributed by atoms with Crippen molar-refractivity contribution in [2.75, 3.05) is 43.8 Å². The molecule has 3 N–H and O–H groups in total. The van der Waals surface area contributed by atoms with Gasteiger partial charge in [0.1, 0.15) is 17.7 Å². The van der Waals surface area contributed by atoms with Crippen molar-refractivity contribution < 1.29 is 14.0 Å². The number of oxazole rings is 1. The lowest BCUT2D eigenvalue weighted by Gasteiger charge is -2.16. The van der Waals surface area contributed by atoms with Crippen molar-refractivity contribution >= 4 is 45.8 Å². The second kappa shape index (κ2) is 10.6. The largest absolute Gasteiger partial charge is 0.423 e. The van der Waals surface area contributed by atoms with Crippen LogP contribution < -0.4 is 11.1 Å². The molecule has 5 rings (SSSR count). The quantitative estimate of drug-likeness (QED) is 0.337. The van der Waals surface area contributed by atoms with Gasteiger partial charge >= 0.3 is 6.01 Å². The van der Waals surface area contributed by atoms with E-state index in [1.165, 1.54) is 6.33 Å². The van der Waals surface area contributed by atoms with Gasteiger partial charge in [-0.1, -0.05) is 26.0 Å². The number of amides is 2. The van der Waals surface area contributed by atoms with Crippen molar-refractivity contribution in [1.29, 1.82) is 0 Å². The standard InChI is InChI=1S/C26H31N9O3/c1-4-33(5-2)11-6-7-20(36)34-12-10-17(14-34)35-24-21(23(27)28-15-29-24)22(32-35)25(37)31-26-30-18-13-16(3)8-9-19(18)38-26/h6-9,13,15,17H,4-5,10-12,14H2,1-3H3,(H2,27,28,29)(H,30,31,37)/b7-6+/t17-/m1/s1. The van der Waals surface area contributed by atoms with E-state index in [1.807, 2.05) is 25.1 Å². The fraction of sp³-hybridized carbons (Fsp3) is 0.385. The number of aromatic nitrogens is 5. The third kappa shape index (κ3) is 4.94. The van der Waals surface area contributed by atoms with Crippen LogP contribution in [-0.4, -0.2) is 79.1 Å². The number of carbonyl (C=O) groups is 2. The number of anilines is 2. The number of fused-ring (bicyclic) bond motifs is 2. The van der Waals surface area contributed by atoms with Crippen molar-refractivity contribution in [3.8, 4) is 0 Å². The Bertz CT molecular complexity index is 1520. The molecule has 3 aromatic heterocycles. The normalized spacial score (nSPS) is 15.9. The Morgan fingerprint density at radius 1 is 1.26 bits per heavy atom. The third-order valence-electron chi connectivity index (χ3n) is 6.84. The summed E-state index contributed by atoms with van der Waals surface area (Å²) in [6.07, 6.45) is 5.54. The Balaban J connectivity index is 1.36. The first-order chi connectivity index (χ1) is 18.4. The van der Waals surface area contributed by atoms with Gasteiger partial charge in [0.2, 0.25) is 5.91 Å². The molecule has 1 saturated heterocycles. The van der Waals surface area contributed by atoms with E-state index in [9.17, 15) is 9.59 Å². The summed E-state index contributed by atoms with van der Waals surface area (Å²) >= 11 is 0. The number of likely N-dealkylation sites (N-methyl/N-ethyl adjacent to an activating group) is 1. The van der Waals surface area contributed by atoms with Crippen molar-refractivity contribution in [3.63, 3.8) is 0 Å². The summed E-state index contributed by atoms with van der Waals surface area (Å²) in [4.78, 5) is 42.8. The van der Waals surface area contributed by atoms with Crippen LogP contribution in [0.25, 0.3) is 22.1 Å². The Morgan fingerprint density at radius 3 is 2.87 bits per heavy atom. The molecule has 1 fully saturated rings. The van der Waals surface area contributed by atoms with E-state index >= 15 is 0 Å².